The molecule has 0 bridgehead atoms. The number of benzene rings is 2. The zero-order chi connectivity index (χ0) is 17.8. The summed E-state index contributed by atoms with van der Waals surface area (Å²) in [5.74, 6) is 0.204. The first-order valence-corrected chi connectivity index (χ1v) is 8.86. The van der Waals surface area contributed by atoms with E-state index in [2.05, 4.69) is 72.8 Å². The van der Waals surface area contributed by atoms with E-state index in [9.17, 15) is 4.79 Å². The van der Waals surface area contributed by atoms with Gasteiger partial charge in [0.2, 0.25) is 5.91 Å². The first kappa shape index (κ1) is 17.6. The number of carbonyl (C=O) groups excluding carboxylic acids is 1. The molecule has 25 heavy (non-hydrogen) atoms. The van der Waals surface area contributed by atoms with Crippen LogP contribution in [-0.4, -0.2) is 38.5 Å². The van der Waals surface area contributed by atoms with Gasteiger partial charge in [0, 0.05) is 38.3 Å². The van der Waals surface area contributed by atoms with Crippen molar-refractivity contribution in [2.24, 2.45) is 0 Å². The fourth-order valence-corrected chi connectivity index (χ4v) is 3.45. The minimum Gasteiger partial charge on any atom is -0.315 e. The van der Waals surface area contributed by atoms with Gasteiger partial charge in [-0.1, -0.05) is 42.5 Å². The highest BCUT2D eigenvalue weighted by Gasteiger charge is 2.20. The zero-order valence-electron chi connectivity index (χ0n) is 15.3. The number of likely N-dealkylation sites (N-methyl/N-ethyl adjacent to an activating group) is 1. The topological polar surface area (TPSA) is 35.6 Å². The summed E-state index contributed by atoms with van der Waals surface area (Å²) in [6, 6.07) is 17.4. The van der Waals surface area contributed by atoms with Crippen molar-refractivity contribution in [1.82, 2.24) is 10.2 Å². The molecule has 4 nitrogen and oxygen atoms in total. The second-order valence-corrected chi connectivity index (χ2v) is 6.94. The molecular formula is C21H27N3O. The maximum atomic E-state index is 11.8. The van der Waals surface area contributed by atoms with Crippen LogP contribution in [0.5, 0.6) is 0 Å². The molecule has 0 radical (unpaired) electrons. The van der Waals surface area contributed by atoms with E-state index >= 15 is 0 Å². The maximum Gasteiger partial charge on any atom is 0.227 e. The molecule has 1 aliphatic rings. The Hall–Kier alpha value is -2.17. The number of carbonyl (C=O) groups is 1. The van der Waals surface area contributed by atoms with Crippen LogP contribution in [0.4, 0.5) is 5.69 Å². The number of nitrogens with zero attached hydrogens (tertiary/aromatic N) is 2. The van der Waals surface area contributed by atoms with Crippen LogP contribution < -0.4 is 10.2 Å². The standard InChI is InChI=1S/C21H27N3O/c1-23(2)20(17-7-5-4-6-8-17)15-22-14-16-9-11-19-18(13-16)10-12-21(25)24(19)3/h4-9,11,13,20,22H,10,12,14-15H2,1-3H3. The lowest BCUT2D eigenvalue weighted by Crippen LogP contribution is -2.32. The predicted molar refractivity (Wildman–Crippen MR) is 103 cm³/mol. The minimum absolute atomic E-state index is 0.204. The van der Waals surface area contributed by atoms with Crippen molar-refractivity contribution >= 4 is 11.6 Å². The summed E-state index contributed by atoms with van der Waals surface area (Å²) in [6.07, 6.45) is 1.45. The molecule has 1 aliphatic heterocycles. The molecule has 4 heteroatoms. The third kappa shape index (κ3) is 4.09. The summed E-state index contributed by atoms with van der Waals surface area (Å²) < 4.78 is 0. The van der Waals surface area contributed by atoms with Crippen molar-refractivity contribution in [2.45, 2.75) is 25.4 Å². The fraction of sp³-hybridized carbons (Fsp3) is 0.381. The van der Waals surface area contributed by atoms with E-state index in [1.807, 2.05) is 7.05 Å². The molecule has 0 saturated carbocycles. The number of amides is 1. The molecule has 1 N–H and O–H groups in total. The van der Waals surface area contributed by atoms with Gasteiger partial charge in [-0.2, -0.15) is 0 Å². The van der Waals surface area contributed by atoms with Crippen LogP contribution in [0.15, 0.2) is 48.5 Å². The Morgan fingerprint density at radius 2 is 1.88 bits per heavy atom. The summed E-state index contributed by atoms with van der Waals surface area (Å²) in [6.45, 7) is 1.73. The molecule has 1 heterocycles. The average molecular weight is 337 g/mol. The van der Waals surface area contributed by atoms with Crippen LogP contribution in [-0.2, 0) is 17.8 Å². The molecule has 0 fully saturated rings. The number of aryl methyl sites for hydroxylation is 1. The molecule has 0 aliphatic carbocycles. The highest BCUT2D eigenvalue weighted by atomic mass is 16.2. The van der Waals surface area contributed by atoms with E-state index < -0.39 is 0 Å². The van der Waals surface area contributed by atoms with Crippen molar-refractivity contribution in [3.05, 3.63) is 65.2 Å². The quantitative estimate of drug-likeness (QED) is 0.880. The first-order chi connectivity index (χ1) is 12.1. The van der Waals surface area contributed by atoms with E-state index in [4.69, 9.17) is 0 Å². The van der Waals surface area contributed by atoms with Gasteiger partial charge in [0.15, 0.2) is 0 Å². The van der Waals surface area contributed by atoms with Crippen molar-refractivity contribution in [3.8, 4) is 0 Å². The van der Waals surface area contributed by atoms with Crippen LogP contribution in [0.2, 0.25) is 0 Å². The number of nitrogens with one attached hydrogen (secondary N) is 1. The van der Waals surface area contributed by atoms with Crippen LogP contribution in [0.25, 0.3) is 0 Å². The Kier molecular flexibility index (Phi) is 5.51. The van der Waals surface area contributed by atoms with Gasteiger partial charge in [-0.25, -0.2) is 0 Å². The van der Waals surface area contributed by atoms with Crippen molar-refractivity contribution < 1.29 is 4.79 Å². The minimum atomic E-state index is 0.204. The number of hydrogen-bond acceptors (Lipinski definition) is 3. The van der Waals surface area contributed by atoms with Crippen LogP contribution in [0.3, 0.4) is 0 Å². The molecular weight excluding hydrogens is 310 g/mol. The number of anilines is 1. The Morgan fingerprint density at radius 3 is 2.60 bits per heavy atom. The highest BCUT2D eigenvalue weighted by molar-refractivity contribution is 5.95. The molecule has 0 aromatic heterocycles. The summed E-state index contributed by atoms with van der Waals surface area (Å²) in [4.78, 5) is 15.8. The van der Waals surface area contributed by atoms with Crippen LogP contribution in [0.1, 0.15) is 29.2 Å². The lowest BCUT2D eigenvalue weighted by molar-refractivity contribution is -0.118. The molecule has 1 amide bonds. The Morgan fingerprint density at radius 1 is 1.12 bits per heavy atom. The van der Waals surface area contributed by atoms with E-state index in [0.717, 1.165) is 25.2 Å². The van der Waals surface area contributed by atoms with Crippen LogP contribution >= 0.6 is 0 Å². The second-order valence-electron chi connectivity index (χ2n) is 6.94. The molecule has 3 rings (SSSR count). The third-order valence-corrected chi connectivity index (χ3v) is 4.96. The number of hydrogen-bond donors (Lipinski definition) is 1. The second kappa shape index (κ2) is 7.81. The molecule has 2 aromatic rings. The van der Waals surface area contributed by atoms with Gasteiger partial charge in [-0.15, -0.1) is 0 Å². The normalized spacial score (nSPS) is 15.4. The van der Waals surface area contributed by atoms with Gasteiger partial charge < -0.3 is 15.1 Å². The third-order valence-electron chi connectivity index (χ3n) is 4.96. The van der Waals surface area contributed by atoms with E-state index in [0.29, 0.717) is 12.5 Å². The molecule has 2 aromatic carbocycles. The SMILES string of the molecule is CN1C(=O)CCc2cc(CNCC(c3ccccc3)N(C)C)ccc21. The maximum absolute atomic E-state index is 11.8. The summed E-state index contributed by atoms with van der Waals surface area (Å²) >= 11 is 0. The van der Waals surface area contributed by atoms with Crippen LogP contribution in [0, 0.1) is 0 Å². The molecule has 1 atom stereocenters. The molecule has 132 valence electrons. The number of rotatable bonds is 6. The van der Waals surface area contributed by atoms with Gasteiger partial charge in [0.1, 0.15) is 0 Å². The Bertz CT molecular complexity index is 727. The van der Waals surface area contributed by atoms with E-state index in [-0.39, 0.29) is 5.91 Å². The van der Waals surface area contributed by atoms with E-state index in [1.165, 1.54) is 16.7 Å². The predicted octanol–water partition coefficient (Wildman–Crippen LogP) is 2.99. The van der Waals surface area contributed by atoms with Gasteiger partial charge in [0.25, 0.3) is 0 Å². The highest BCUT2D eigenvalue weighted by Crippen LogP contribution is 2.27. The Labute approximate surface area is 150 Å². The first-order valence-electron chi connectivity index (χ1n) is 8.86. The molecule has 0 saturated heterocycles. The van der Waals surface area contributed by atoms with Crippen molar-refractivity contribution in [1.29, 1.82) is 0 Å². The fourth-order valence-electron chi connectivity index (χ4n) is 3.45. The molecule has 0 spiro atoms. The largest absolute Gasteiger partial charge is 0.315 e. The lowest BCUT2D eigenvalue weighted by Gasteiger charge is -2.27. The van der Waals surface area contributed by atoms with E-state index in [1.54, 1.807) is 4.90 Å². The van der Waals surface area contributed by atoms with Gasteiger partial charge in [-0.05, 0) is 43.3 Å². The monoisotopic (exact) mass is 337 g/mol. The summed E-state index contributed by atoms with van der Waals surface area (Å²) in [7, 11) is 6.09. The number of fused-ring (bicyclic) bond motifs is 1. The van der Waals surface area contributed by atoms with Crippen molar-refractivity contribution in [3.63, 3.8) is 0 Å². The van der Waals surface area contributed by atoms with Gasteiger partial charge in [-0.3, -0.25) is 4.79 Å². The van der Waals surface area contributed by atoms with Gasteiger partial charge in [0.05, 0.1) is 0 Å². The lowest BCUT2D eigenvalue weighted by atomic mass is 9.99. The summed E-state index contributed by atoms with van der Waals surface area (Å²) in [5, 5.41) is 3.59. The summed E-state index contributed by atoms with van der Waals surface area (Å²) in [5.41, 5.74) is 4.92. The van der Waals surface area contributed by atoms with Gasteiger partial charge >= 0.3 is 0 Å². The average Bonchev–Trinajstić information content (AvgIpc) is 2.62. The van der Waals surface area contributed by atoms with Crippen molar-refractivity contribution in [2.75, 3.05) is 32.6 Å². The smallest absolute Gasteiger partial charge is 0.227 e. The zero-order valence-corrected chi connectivity index (χ0v) is 15.3. The molecule has 1 unspecified atom stereocenters. The Balaban J connectivity index is 1.63.